The molecule has 0 unspecified atom stereocenters. The molecule has 6 N–H and O–H groups in total. The normalized spacial score (nSPS) is 31.6. The van der Waals surface area contributed by atoms with Crippen molar-refractivity contribution in [3.05, 3.63) is 0 Å². The highest BCUT2D eigenvalue weighted by molar-refractivity contribution is 5.17. The first-order valence-corrected chi connectivity index (χ1v) is 47.0. The molecule has 0 heterocycles. The fourth-order valence-corrected chi connectivity index (χ4v) is 23.1. The van der Waals surface area contributed by atoms with Gasteiger partial charge in [-0.05, 0) is 179 Å². The Hall–Kier alpha value is -1.52. The van der Waals surface area contributed by atoms with Crippen LogP contribution in [0.2, 0.25) is 0 Å². The Morgan fingerprint density at radius 1 is 0.300 bits per heavy atom. The number of terminal acetylenes is 1. The molecule has 8 rings (SSSR count). The fraction of sp³-hybridized carbons (Fsp3) is 0.978. The monoisotopic (exact) mass is 1720 g/mol. The largest absolute Gasteiger partial charge is 0.394 e. The third kappa shape index (κ3) is 34.7. The van der Waals surface area contributed by atoms with Crippen molar-refractivity contribution in [2.75, 3.05) is 277 Å². The van der Waals surface area contributed by atoms with E-state index in [9.17, 15) is 15.3 Å². The van der Waals surface area contributed by atoms with Gasteiger partial charge >= 0.3 is 0 Å². The van der Waals surface area contributed by atoms with Crippen LogP contribution >= 0.6 is 0 Å². The van der Waals surface area contributed by atoms with Crippen LogP contribution in [-0.4, -0.2) is 345 Å². The van der Waals surface area contributed by atoms with E-state index in [-0.39, 0.29) is 97.9 Å². The Morgan fingerprint density at radius 3 is 0.842 bits per heavy atom. The minimum absolute atomic E-state index is 0.0131. The number of fused-ring (bicyclic) bond motifs is 10. The van der Waals surface area contributed by atoms with Crippen molar-refractivity contribution in [1.29, 1.82) is 0 Å². The van der Waals surface area contributed by atoms with Gasteiger partial charge in [0.2, 0.25) is 0 Å². The summed E-state index contributed by atoms with van der Waals surface area (Å²) in [5.41, 5.74) is 0.477. The summed E-state index contributed by atoms with van der Waals surface area (Å²) in [4.78, 5) is 0. The van der Waals surface area contributed by atoms with E-state index in [0.29, 0.717) is 309 Å². The van der Waals surface area contributed by atoms with Gasteiger partial charge < -0.3 is 130 Å². The standard InChI is InChI=1S/C60H114O21.C30H54O6.C3H4/c1-5-6-50(2)53-7-8-54-58-55(49-57(60(53,54)4)81-46-43-78-40-37-75-34-31-72-28-25-69-22-19-66-16-13-63)59(3)10-9-52(79-44-41-76-38-35-73-32-29-70-26-23-67-20-17-64-14-11-61)47-51(59)48-56(58)80-45-42-77-39-36-74-33-30-71-27-24-68-21-18-65-15-12-62;1-5-6-20(2)23-7-8-24-28-25(19-27(30(23,24)4)36-16-13-33)29(3)10-9-22(34-14-11-31)17-21(29)18-26(28)35-15-12-32;1-3-2/h50-58,61-63H,5-49H2,1-4H3;20-28,31-33H,5-19H2,1-4H3;1H,2H3/t50-,51+,52-,53-,54+,55+,56-,57+,58+,59+,60-;20-,21+,22-,23-,24+,25+,26-,27+,28+,29+,30-;/m11./s1. The molecule has 0 aliphatic heterocycles. The molecule has 22 atom stereocenters. The van der Waals surface area contributed by atoms with E-state index in [0.717, 1.165) is 64.2 Å². The van der Waals surface area contributed by atoms with Crippen molar-refractivity contribution in [2.45, 2.75) is 215 Å². The van der Waals surface area contributed by atoms with Crippen molar-refractivity contribution < 1.29 is 130 Å². The summed E-state index contributed by atoms with van der Waals surface area (Å²) in [5.74, 6) is 8.66. The second kappa shape index (κ2) is 63.5. The molecule has 706 valence electrons. The van der Waals surface area contributed by atoms with Gasteiger partial charge in [-0.3, -0.25) is 0 Å². The van der Waals surface area contributed by atoms with E-state index in [4.69, 9.17) is 115 Å². The van der Waals surface area contributed by atoms with E-state index >= 15 is 0 Å². The van der Waals surface area contributed by atoms with Crippen molar-refractivity contribution in [3.63, 3.8) is 0 Å². The molecule has 0 aromatic rings. The zero-order valence-corrected chi connectivity index (χ0v) is 76.2. The second-order valence-electron chi connectivity index (χ2n) is 35.4. The van der Waals surface area contributed by atoms with Gasteiger partial charge in [0.1, 0.15) is 0 Å². The van der Waals surface area contributed by atoms with E-state index in [1.807, 2.05) is 0 Å². The molecule has 0 aromatic heterocycles. The van der Waals surface area contributed by atoms with Crippen LogP contribution in [0.5, 0.6) is 0 Å². The van der Waals surface area contributed by atoms with E-state index < -0.39 is 0 Å². The van der Waals surface area contributed by atoms with Gasteiger partial charge in [0.15, 0.2) is 0 Å². The Balaban J connectivity index is 0.000000471. The lowest BCUT2D eigenvalue weighted by Gasteiger charge is -2.64. The molecule has 8 saturated carbocycles. The molecule has 0 aromatic carbocycles. The highest BCUT2D eigenvalue weighted by Crippen LogP contribution is 2.71. The molecule has 8 aliphatic rings. The molecule has 0 saturated heterocycles. The van der Waals surface area contributed by atoms with Gasteiger partial charge in [0.25, 0.3) is 0 Å². The van der Waals surface area contributed by atoms with Crippen molar-refractivity contribution in [1.82, 2.24) is 0 Å². The van der Waals surface area contributed by atoms with Crippen LogP contribution in [0.15, 0.2) is 0 Å². The quantitative estimate of drug-likeness (QED) is 0.0244. The molecular weight excluding hydrogens is 1550 g/mol. The number of hydrogen-bond acceptors (Lipinski definition) is 27. The number of aliphatic hydroxyl groups is 6. The average Bonchev–Trinajstić information content (AvgIpc) is 1.34. The predicted octanol–water partition coefficient (Wildman–Crippen LogP) is 9.76. The van der Waals surface area contributed by atoms with Crippen molar-refractivity contribution in [2.24, 2.45) is 92.7 Å². The highest BCUT2D eigenvalue weighted by atomic mass is 16.6. The summed E-state index contributed by atoms with van der Waals surface area (Å²) in [6.45, 7) is 38.8. The maximum atomic E-state index is 9.69. The highest BCUT2D eigenvalue weighted by Gasteiger charge is 2.69. The predicted molar refractivity (Wildman–Crippen MR) is 458 cm³/mol. The van der Waals surface area contributed by atoms with Gasteiger partial charge in [-0.2, -0.15) is 0 Å². The lowest BCUT2D eigenvalue weighted by atomic mass is 9.43. The molecular formula is C93H172O27. The van der Waals surface area contributed by atoms with E-state index in [1.54, 1.807) is 6.92 Å². The second-order valence-corrected chi connectivity index (χ2v) is 35.4. The molecule has 8 fully saturated rings. The van der Waals surface area contributed by atoms with Crippen LogP contribution < -0.4 is 0 Å². The molecule has 27 heteroatoms. The molecule has 0 amide bonds. The fourth-order valence-electron chi connectivity index (χ4n) is 23.1. The third-order valence-corrected chi connectivity index (χ3v) is 28.5. The average molecular weight is 1720 g/mol. The minimum Gasteiger partial charge on any atom is -0.394 e. The first-order valence-electron chi connectivity index (χ1n) is 47.0. The number of ether oxygens (including phenoxy) is 21. The maximum Gasteiger partial charge on any atom is 0.0704 e. The van der Waals surface area contributed by atoms with Crippen LogP contribution in [0.25, 0.3) is 0 Å². The maximum absolute atomic E-state index is 9.69. The van der Waals surface area contributed by atoms with Gasteiger partial charge in [-0.25, -0.2) is 0 Å². The number of rotatable bonds is 69. The lowest BCUT2D eigenvalue weighted by Crippen LogP contribution is -2.63. The van der Waals surface area contributed by atoms with Gasteiger partial charge in [0.05, 0.1) is 314 Å². The van der Waals surface area contributed by atoms with Crippen LogP contribution in [-0.2, 0) is 99.5 Å². The molecule has 8 aliphatic carbocycles. The van der Waals surface area contributed by atoms with Gasteiger partial charge in [0, 0.05) is 10.8 Å². The Labute approximate surface area is 723 Å². The summed E-state index contributed by atoms with van der Waals surface area (Å²) in [5, 5.41) is 55.0. The summed E-state index contributed by atoms with van der Waals surface area (Å²) in [6, 6.07) is 0. The van der Waals surface area contributed by atoms with Crippen LogP contribution in [0, 0.1) is 105 Å². The van der Waals surface area contributed by atoms with Crippen LogP contribution in [0.3, 0.4) is 0 Å². The van der Waals surface area contributed by atoms with Crippen molar-refractivity contribution in [3.8, 4) is 12.3 Å². The smallest absolute Gasteiger partial charge is 0.0704 e. The zero-order valence-electron chi connectivity index (χ0n) is 76.2. The van der Waals surface area contributed by atoms with E-state index in [1.165, 1.54) is 51.4 Å². The SMILES string of the molecule is C#CC.CCC[C@@H](C)[C@H]1CC[C@H]2[C@@H]3[C@H](OCCO)C[C@@H]4C[C@H](OCCO)CC[C@]4(C)[C@H]3C[C@H](OCCO)[C@]12C.CCC[C@@H](C)[C@H]1CC[C@H]2[C@@H]3[C@H](OCCOCCOCCOCCOCCOCCO)C[C@@H]4C[C@H](OCCOCCOCCOCCOCCOCCO)CC[C@]4(C)[C@H]3C[C@H](OCCOCCOCCOCCOCCOCCO)[C@]12C. The summed E-state index contributed by atoms with van der Waals surface area (Å²) < 4.78 is 124. The Morgan fingerprint density at radius 2 is 0.542 bits per heavy atom. The Bertz CT molecular complexity index is 2510. The zero-order chi connectivity index (χ0) is 86.4. The molecule has 120 heavy (non-hydrogen) atoms. The molecule has 0 spiro atoms. The molecule has 0 bridgehead atoms. The third-order valence-electron chi connectivity index (χ3n) is 28.5. The first-order chi connectivity index (χ1) is 58.6. The van der Waals surface area contributed by atoms with E-state index in [2.05, 4.69) is 67.7 Å². The molecule has 0 radical (unpaired) electrons. The topological polar surface area (TPSA) is 315 Å². The first kappa shape index (κ1) is 107. The molecule has 27 nitrogen and oxygen atoms in total. The van der Waals surface area contributed by atoms with Gasteiger partial charge in [-0.1, -0.05) is 81.1 Å². The summed E-state index contributed by atoms with van der Waals surface area (Å²) >= 11 is 0. The van der Waals surface area contributed by atoms with Crippen LogP contribution in [0.4, 0.5) is 0 Å². The number of aliphatic hydroxyl groups excluding tert-OH is 6. The Kier molecular flexibility index (Phi) is 56.7. The lowest BCUT2D eigenvalue weighted by molar-refractivity contribution is -0.230. The number of hydrogen-bond donors (Lipinski definition) is 6. The summed E-state index contributed by atoms with van der Waals surface area (Å²) in [7, 11) is 0. The minimum atomic E-state index is 0.0131. The summed E-state index contributed by atoms with van der Waals surface area (Å²) in [6.07, 6.45) is 25.9. The van der Waals surface area contributed by atoms with Crippen LogP contribution in [0.1, 0.15) is 178 Å². The van der Waals surface area contributed by atoms with Gasteiger partial charge in [-0.15, -0.1) is 12.3 Å². The van der Waals surface area contributed by atoms with Crippen molar-refractivity contribution >= 4 is 0 Å².